The maximum Gasteiger partial charge on any atom is 0.407 e. The van der Waals surface area contributed by atoms with Crippen LogP contribution < -0.4 is 20.1 Å². The molecule has 8 heteroatoms. The molecule has 188 valence electrons. The first kappa shape index (κ1) is 26.1. The number of nitrogens with zero attached hydrogens (tertiary/aromatic N) is 1. The summed E-state index contributed by atoms with van der Waals surface area (Å²) in [7, 11) is 0. The average molecular weight is 482 g/mol. The van der Waals surface area contributed by atoms with Crippen LogP contribution in [0, 0.1) is 0 Å². The van der Waals surface area contributed by atoms with Gasteiger partial charge >= 0.3 is 6.09 Å². The number of benzene rings is 2. The summed E-state index contributed by atoms with van der Waals surface area (Å²) in [5.41, 5.74) is 3.70. The van der Waals surface area contributed by atoms with E-state index in [1.165, 1.54) is 0 Å². The lowest BCUT2D eigenvalue weighted by Gasteiger charge is -2.19. The number of carbonyl (C=O) groups is 2. The van der Waals surface area contributed by atoms with Gasteiger partial charge in [0.2, 0.25) is 5.91 Å². The second-order valence-electron chi connectivity index (χ2n) is 9.15. The Morgan fingerprint density at radius 3 is 2.34 bits per heavy atom. The standard InChI is InChI=1S/C27H35N3O5/c1-6-33-22-15-20-21(16-23(22)34-7-2)30-24(31)17-29-25(20)19-12-10-18(11-13-19)9-8-14-28-26(32)35-27(3,4)5/h10-13,15-16H,6-9,14,17H2,1-5H3,(H,28,32)(H,30,31). The lowest BCUT2D eigenvalue weighted by atomic mass is 9.98. The van der Waals surface area contributed by atoms with Crippen molar-refractivity contribution in [3.63, 3.8) is 0 Å². The Labute approximate surface area is 207 Å². The fourth-order valence-corrected chi connectivity index (χ4v) is 3.69. The molecule has 2 N–H and O–H groups in total. The largest absolute Gasteiger partial charge is 0.490 e. The van der Waals surface area contributed by atoms with Crippen molar-refractivity contribution < 1.29 is 23.8 Å². The van der Waals surface area contributed by atoms with Crippen molar-refractivity contribution in [3.8, 4) is 11.5 Å². The van der Waals surface area contributed by atoms with Crippen LogP contribution in [0.15, 0.2) is 41.4 Å². The van der Waals surface area contributed by atoms with Crippen LogP contribution in [0.5, 0.6) is 11.5 Å². The minimum absolute atomic E-state index is 0.0377. The molecule has 3 rings (SSSR count). The second-order valence-corrected chi connectivity index (χ2v) is 9.15. The second kappa shape index (κ2) is 11.7. The van der Waals surface area contributed by atoms with E-state index in [0.717, 1.165) is 35.2 Å². The van der Waals surface area contributed by atoms with Crippen molar-refractivity contribution in [1.29, 1.82) is 0 Å². The molecular weight excluding hydrogens is 446 g/mol. The zero-order valence-electron chi connectivity index (χ0n) is 21.2. The van der Waals surface area contributed by atoms with E-state index in [2.05, 4.69) is 15.6 Å². The number of ether oxygens (including phenoxy) is 3. The number of fused-ring (bicyclic) bond motifs is 1. The molecule has 1 heterocycles. The van der Waals surface area contributed by atoms with Crippen LogP contribution in [0.3, 0.4) is 0 Å². The summed E-state index contributed by atoms with van der Waals surface area (Å²) >= 11 is 0. The third-order valence-corrected chi connectivity index (χ3v) is 5.13. The van der Waals surface area contributed by atoms with E-state index in [9.17, 15) is 9.59 Å². The molecule has 2 aromatic rings. The van der Waals surface area contributed by atoms with E-state index in [1.54, 1.807) is 6.07 Å². The first-order valence-corrected chi connectivity index (χ1v) is 12.0. The Bertz CT molecular complexity index is 1070. The number of rotatable bonds is 9. The van der Waals surface area contributed by atoms with Gasteiger partial charge in [-0.1, -0.05) is 24.3 Å². The van der Waals surface area contributed by atoms with Crippen LogP contribution in [0.4, 0.5) is 10.5 Å². The Kier molecular flexibility index (Phi) is 8.73. The van der Waals surface area contributed by atoms with Crippen molar-refractivity contribution in [2.75, 3.05) is 31.6 Å². The van der Waals surface area contributed by atoms with Crippen LogP contribution in [-0.2, 0) is 16.0 Å². The fraction of sp³-hybridized carbons (Fsp3) is 0.444. The number of hydrogen-bond donors (Lipinski definition) is 2. The van der Waals surface area contributed by atoms with Crippen molar-refractivity contribution in [2.45, 2.75) is 53.1 Å². The summed E-state index contributed by atoms with van der Waals surface area (Å²) in [6.45, 7) is 10.9. The molecule has 0 saturated heterocycles. The highest BCUT2D eigenvalue weighted by Gasteiger charge is 2.22. The Morgan fingerprint density at radius 1 is 1.06 bits per heavy atom. The van der Waals surface area contributed by atoms with Gasteiger partial charge in [0, 0.05) is 23.7 Å². The third-order valence-electron chi connectivity index (χ3n) is 5.13. The van der Waals surface area contributed by atoms with Crippen LogP contribution in [0.2, 0.25) is 0 Å². The SMILES string of the molecule is CCOc1cc2c(cc1OCC)C(c1ccc(CCCNC(=O)OC(C)(C)C)cc1)=NCC(=O)N2. The predicted molar refractivity (Wildman–Crippen MR) is 137 cm³/mol. The van der Waals surface area contributed by atoms with E-state index in [-0.39, 0.29) is 12.5 Å². The molecule has 2 aromatic carbocycles. The van der Waals surface area contributed by atoms with Crippen LogP contribution in [-0.4, -0.2) is 49.6 Å². The molecule has 1 aliphatic heterocycles. The number of aryl methyl sites for hydroxylation is 1. The minimum atomic E-state index is -0.507. The van der Waals surface area contributed by atoms with Gasteiger partial charge in [0.25, 0.3) is 0 Å². The molecule has 0 aromatic heterocycles. The Hall–Kier alpha value is -3.55. The van der Waals surface area contributed by atoms with Crippen molar-refractivity contribution in [2.24, 2.45) is 4.99 Å². The van der Waals surface area contributed by atoms with Gasteiger partial charge in [-0.25, -0.2) is 4.79 Å². The smallest absolute Gasteiger partial charge is 0.407 e. The molecule has 0 fully saturated rings. The molecule has 35 heavy (non-hydrogen) atoms. The van der Waals surface area contributed by atoms with Crippen molar-refractivity contribution in [3.05, 3.63) is 53.1 Å². The normalized spacial score (nSPS) is 13.2. The quantitative estimate of drug-likeness (QED) is 0.505. The van der Waals surface area contributed by atoms with Gasteiger partial charge in [-0.3, -0.25) is 9.79 Å². The van der Waals surface area contributed by atoms with Gasteiger partial charge in [-0.2, -0.15) is 0 Å². The molecule has 0 bridgehead atoms. The number of benzodiazepines with no additional fused rings is 1. The highest BCUT2D eigenvalue weighted by molar-refractivity contribution is 6.19. The van der Waals surface area contributed by atoms with Gasteiger partial charge in [0.05, 0.1) is 24.6 Å². The Balaban J connectivity index is 1.73. The number of alkyl carbamates (subject to hydrolysis) is 1. The average Bonchev–Trinajstić information content (AvgIpc) is 2.94. The maximum absolute atomic E-state index is 12.3. The fourth-order valence-electron chi connectivity index (χ4n) is 3.69. The molecule has 0 aliphatic carbocycles. The molecule has 0 saturated carbocycles. The van der Waals surface area contributed by atoms with Gasteiger partial charge in [-0.05, 0) is 59.1 Å². The van der Waals surface area contributed by atoms with Gasteiger partial charge in [-0.15, -0.1) is 0 Å². The monoisotopic (exact) mass is 481 g/mol. The summed E-state index contributed by atoms with van der Waals surface area (Å²) in [6.07, 6.45) is 1.20. The topological polar surface area (TPSA) is 98.2 Å². The zero-order valence-corrected chi connectivity index (χ0v) is 21.2. The summed E-state index contributed by atoms with van der Waals surface area (Å²) in [5.74, 6) is 1.03. The highest BCUT2D eigenvalue weighted by atomic mass is 16.6. The third kappa shape index (κ3) is 7.47. The molecule has 1 aliphatic rings. The Morgan fingerprint density at radius 2 is 1.71 bits per heavy atom. The number of nitrogens with one attached hydrogen (secondary N) is 2. The molecule has 8 nitrogen and oxygen atoms in total. The summed E-state index contributed by atoms with van der Waals surface area (Å²) in [4.78, 5) is 28.7. The van der Waals surface area contributed by atoms with E-state index in [1.807, 2.05) is 65.0 Å². The van der Waals surface area contributed by atoms with Crippen molar-refractivity contribution in [1.82, 2.24) is 5.32 Å². The van der Waals surface area contributed by atoms with E-state index < -0.39 is 11.7 Å². The van der Waals surface area contributed by atoms with Gasteiger partial charge in [0.1, 0.15) is 12.1 Å². The first-order chi connectivity index (χ1) is 16.7. The first-order valence-electron chi connectivity index (χ1n) is 12.0. The van der Waals surface area contributed by atoms with Crippen LogP contribution in [0.25, 0.3) is 0 Å². The summed E-state index contributed by atoms with van der Waals surface area (Å²) in [5, 5.41) is 5.71. The summed E-state index contributed by atoms with van der Waals surface area (Å²) < 4.78 is 16.8. The number of aliphatic imine (C=N–C) groups is 1. The number of carbonyl (C=O) groups excluding carboxylic acids is 2. The minimum Gasteiger partial charge on any atom is -0.490 e. The van der Waals surface area contributed by atoms with Crippen molar-refractivity contribution >= 4 is 23.4 Å². The van der Waals surface area contributed by atoms with Gasteiger partial charge < -0.3 is 24.8 Å². The summed E-state index contributed by atoms with van der Waals surface area (Å²) in [6, 6.07) is 11.8. The van der Waals surface area contributed by atoms with Gasteiger partial charge in [0.15, 0.2) is 11.5 Å². The molecule has 0 radical (unpaired) electrons. The number of amides is 2. The lowest BCUT2D eigenvalue weighted by molar-refractivity contribution is -0.114. The zero-order chi connectivity index (χ0) is 25.4. The van der Waals surface area contributed by atoms with E-state index in [4.69, 9.17) is 14.2 Å². The molecule has 2 amide bonds. The lowest BCUT2D eigenvalue weighted by Crippen LogP contribution is -2.33. The number of anilines is 1. The maximum atomic E-state index is 12.3. The molecular formula is C27H35N3O5. The van der Waals surface area contributed by atoms with Crippen LogP contribution >= 0.6 is 0 Å². The van der Waals surface area contributed by atoms with E-state index in [0.29, 0.717) is 36.9 Å². The van der Waals surface area contributed by atoms with E-state index >= 15 is 0 Å². The molecule has 0 atom stereocenters. The molecule has 0 unspecified atom stereocenters. The number of hydrogen-bond acceptors (Lipinski definition) is 6. The molecule has 0 spiro atoms. The highest BCUT2D eigenvalue weighted by Crippen LogP contribution is 2.36. The predicted octanol–water partition coefficient (Wildman–Crippen LogP) is 4.73. The van der Waals surface area contributed by atoms with Crippen LogP contribution in [0.1, 0.15) is 57.7 Å².